The SMILES string of the molecule is [C]1=CCCC=CCCCC=C1. The summed E-state index contributed by atoms with van der Waals surface area (Å²) >= 11 is 0. The average molecular weight is 147 g/mol. The minimum Gasteiger partial charge on any atom is -0.0885 e. The highest BCUT2D eigenvalue weighted by Gasteiger charge is 1.82. The predicted octanol–water partition coefficient (Wildman–Crippen LogP) is 3.42. The van der Waals surface area contributed by atoms with Crippen LogP contribution in [0.2, 0.25) is 0 Å². The highest BCUT2D eigenvalue weighted by atomic mass is 13.9. The Morgan fingerprint density at radius 3 is 2.64 bits per heavy atom. The summed E-state index contributed by atoms with van der Waals surface area (Å²) in [6.07, 6.45) is 20.0. The molecular weight excluding hydrogens is 132 g/mol. The molecule has 0 heteroatoms. The number of hydrogen-bond donors (Lipinski definition) is 0. The Morgan fingerprint density at radius 1 is 0.818 bits per heavy atom. The van der Waals surface area contributed by atoms with E-state index in [-0.39, 0.29) is 0 Å². The lowest BCUT2D eigenvalue weighted by Gasteiger charge is -1.88. The third-order valence-corrected chi connectivity index (χ3v) is 1.72. The summed E-state index contributed by atoms with van der Waals surface area (Å²) in [7, 11) is 0. The van der Waals surface area contributed by atoms with Crippen molar-refractivity contribution in [1.82, 2.24) is 0 Å². The molecule has 0 aromatic rings. The largest absolute Gasteiger partial charge is 0.0885 e. The van der Waals surface area contributed by atoms with Crippen molar-refractivity contribution in [2.45, 2.75) is 32.1 Å². The summed E-state index contributed by atoms with van der Waals surface area (Å²) in [5, 5.41) is 0. The van der Waals surface area contributed by atoms with Crippen LogP contribution in [0.5, 0.6) is 0 Å². The third-order valence-electron chi connectivity index (χ3n) is 1.72. The molecule has 1 aliphatic carbocycles. The highest BCUT2D eigenvalue weighted by Crippen LogP contribution is 2.02. The first-order valence-electron chi connectivity index (χ1n) is 4.38. The zero-order chi connectivity index (χ0) is 7.78. The summed E-state index contributed by atoms with van der Waals surface area (Å²) in [5.41, 5.74) is 0. The highest BCUT2D eigenvalue weighted by molar-refractivity contribution is 4.97. The van der Waals surface area contributed by atoms with Crippen LogP contribution in [0.25, 0.3) is 0 Å². The molecule has 0 amide bonds. The second-order valence-corrected chi connectivity index (χ2v) is 2.75. The maximum atomic E-state index is 3.14. The van der Waals surface area contributed by atoms with Crippen molar-refractivity contribution in [1.29, 1.82) is 0 Å². The van der Waals surface area contributed by atoms with Gasteiger partial charge in [0.25, 0.3) is 0 Å². The topological polar surface area (TPSA) is 0 Å². The van der Waals surface area contributed by atoms with Crippen molar-refractivity contribution >= 4 is 0 Å². The summed E-state index contributed by atoms with van der Waals surface area (Å²) < 4.78 is 0. The molecule has 0 aromatic heterocycles. The van der Waals surface area contributed by atoms with E-state index in [0.29, 0.717) is 0 Å². The van der Waals surface area contributed by atoms with Gasteiger partial charge in [-0.2, -0.15) is 0 Å². The van der Waals surface area contributed by atoms with E-state index >= 15 is 0 Å². The number of hydrogen-bond acceptors (Lipinski definition) is 0. The lowest BCUT2D eigenvalue weighted by Crippen LogP contribution is -1.68. The molecule has 0 aromatic carbocycles. The standard InChI is InChI=1S/C11H15/c1-2-4-6-8-10-11-9-7-5-3-1/h1-2,7,10-11H,3-6,8H2. The van der Waals surface area contributed by atoms with Gasteiger partial charge in [0, 0.05) is 0 Å². The maximum absolute atomic E-state index is 3.14. The second-order valence-electron chi connectivity index (χ2n) is 2.75. The minimum absolute atomic E-state index is 1.13. The van der Waals surface area contributed by atoms with E-state index in [9.17, 15) is 0 Å². The van der Waals surface area contributed by atoms with Gasteiger partial charge in [-0.25, -0.2) is 0 Å². The predicted molar refractivity (Wildman–Crippen MR) is 49.2 cm³/mol. The first-order valence-corrected chi connectivity index (χ1v) is 4.38. The lowest BCUT2D eigenvalue weighted by atomic mass is 10.2. The van der Waals surface area contributed by atoms with Gasteiger partial charge < -0.3 is 0 Å². The smallest absolute Gasteiger partial charge is 0.0230 e. The van der Waals surface area contributed by atoms with Crippen LogP contribution in [0.15, 0.2) is 30.4 Å². The van der Waals surface area contributed by atoms with E-state index < -0.39 is 0 Å². The fourth-order valence-electron chi connectivity index (χ4n) is 1.07. The Labute approximate surface area is 69.3 Å². The zero-order valence-corrected chi connectivity index (χ0v) is 6.92. The molecule has 0 saturated carbocycles. The normalized spacial score (nSPS) is 19.6. The molecule has 59 valence electrons. The molecule has 1 rings (SSSR count). The van der Waals surface area contributed by atoms with Crippen LogP contribution < -0.4 is 0 Å². The van der Waals surface area contributed by atoms with E-state index in [1.165, 1.54) is 25.7 Å². The average Bonchev–Trinajstić information content (AvgIpc) is 2.08. The molecule has 11 heavy (non-hydrogen) atoms. The van der Waals surface area contributed by atoms with Crippen molar-refractivity contribution < 1.29 is 0 Å². The lowest BCUT2D eigenvalue weighted by molar-refractivity contribution is 0.864. The van der Waals surface area contributed by atoms with Gasteiger partial charge in [0.2, 0.25) is 0 Å². The summed E-state index contributed by atoms with van der Waals surface area (Å²) in [5.74, 6) is 0. The van der Waals surface area contributed by atoms with Crippen molar-refractivity contribution in [3.05, 3.63) is 36.5 Å². The molecule has 0 N–H and O–H groups in total. The van der Waals surface area contributed by atoms with Crippen molar-refractivity contribution in [3.8, 4) is 0 Å². The Morgan fingerprint density at radius 2 is 1.64 bits per heavy atom. The van der Waals surface area contributed by atoms with Crippen molar-refractivity contribution in [2.24, 2.45) is 0 Å². The molecule has 0 unspecified atom stereocenters. The number of rotatable bonds is 0. The summed E-state index contributed by atoms with van der Waals surface area (Å²) in [4.78, 5) is 0. The van der Waals surface area contributed by atoms with Crippen molar-refractivity contribution in [2.75, 3.05) is 0 Å². The fraction of sp³-hybridized carbons (Fsp3) is 0.455. The molecule has 0 fully saturated rings. The van der Waals surface area contributed by atoms with Crippen LogP contribution in [0.4, 0.5) is 0 Å². The molecule has 0 saturated heterocycles. The van der Waals surface area contributed by atoms with Crippen LogP contribution in [0.1, 0.15) is 32.1 Å². The van der Waals surface area contributed by atoms with E-state index in [0.717, 1.165) is 6.42 Å². The van der Waals surface area contributed by atoms with Gasteiger partial charge in [-0.05, 0) is 38.2 Å². The quantitative estimate of drug-likeness (QED) is 0.460. The van der Waals surface area contributed by atoms with Gasteiger partial charge in [-0.1, -0.05) is 30.4 Å². The molecule has 1 aliphatic rings. The monoisotopic (exact) mass is 147 g/mol. The van der Waals surface area contributed by atoms with Crippen LogP contribution in [-0.2, 0) is 0 Å². The molecular formula is C11H15. The third kappa shape index (κ3) is 4.60. The Balaban J connectivity index is 2.34. The van der Waals surface area contributed by atoms with E-state index in [2.05, 4.69) is 30.4 Å². The summed E-state index contributed by atoms with van der Waals surface area (Å²) in [6, 6.07) is 0. The minimum atomic E-state index is 1.13. The zero-order valence-electron chi connectivity index (χ0n) is 6.92. The summed E-state index contributed by atoms with van der Waals surface area (Å²) in [6.45, 7) is 0. The Kier molecular flexibility index (Phi) is 4.51. The van der Waals surface area contributed by atoms with Crippen LogP contribution >= 0.6 is 0 Å². The first kappa shape index (κ1) is 8.32. The van der Waals surface area contributed by atoms with Gasteiger partial charge in [0.15, 0.2) is 0 Å². The Hall–Kier alpha value is -0.780. The molecule has 0 aliphatic heterocycles. The molecule has 0 atom stereocenters. The van der Waals surface area contributed by atoms with Crippen molar-refractivity contribution in [3.63, 3.8) is 0 Å². The van der Waals surface area contributed by atoms with Crippen LogP contribution in [0, 0.1) is 6.08 Å². The molecule has 1 radical (unpaired) electrons. The first-order chi connectivity index (χ1) is 5.50. The molecule has 0 heterocycles. The van der Waals surface area contributed by atoms with Gasteiger partial charge in [-0.15, -0.1) is 0 Å². The van der Waals surface area contributed by atoms with Gasteiger partial charge >= 0.3 is 0 Å². The number of allylic oxidation sites excluding steroid dienone is 6. The van der Waals surface area contributed by atoms with Crippen LogP contribution in [0.3, 0.4) is 0 Å². The van der Waals surface area contributed by atoms with Gasteiger partial charge in [0.1, 0.15) is 0 Å². The van der Waals surface area contributed by atoms with E-state index in [4.69, 9.17) is 0 Å². The molecule has 0 nitrogen and oxygen atoms in total. The maximum Gasteiger partial charge on any atom is -0.0230 e. The molecule has 0 spiro atoms. The van der Waals surface area contributed by atoms with Crippen LogP contribution in [-0.4, -0.2) is 0 Å². The van der Waals surface area contributed by atoms with Gasteiger partial charge in [0.05, 0.1) is 0 Å². The van der Waals surface area contributed by atoms with E-state index in [1.807, 2.05) is 6.08 Å². The Bertz CT molecular complexity index is 161. The van der Waals surface area contributed by atoms with E-state index in [1.54, 1.807) is 0 Å². The molecule has 0 bridgehead atoms. The van der Waals surface area contributed by atoms with Gasteiger partial charge in [-0.3, -0.25) is 0 Å². The fourth-order valence-corrected chi connectivity index (χ4v) is 1.07. The second kappa shape index (κ2) is 5.96.